The van der Waals surface area contributed by atoms with E-state index >= 15 is 0 Å². The van der Waals surface area contributed by atoms with Crippen molar-refractivity contribution in [2.24, 2.45) is 0 Å². The second kappa shape index (κ2) is 5.29. The van der Waals surface area contributed by atoms with E-state index in [4.69, 9.17) is 0 Å². The number of hydrogen-bond donors (Lipinski definition) is 1. The summed E-state index contributed by atoms with van der Waals surface area (Å²) < 4.78 is 1.34. The van der Waals surface area contributed by atoms with Gasteiger partial charge in [-0.3, -0.25) is 0 Å². The number of thiophene rings is 1. The lowest BCUT2D eigenvalue weighted by molar-refractivity contribution is 0.872. The van der Waals surface area contributed by atoms with Crippen LogP contribution in [0, 0.1) is 13.8 Å². The lowest BCUT2D eigenvalue weighted by Crippen LogP contribution is -2.08. The Labute approximate surface area is 124 Å². The molecule has 3 aromatic rings. The summed E-state index contributed by atoms with van der Waals surface area (Å²) in [7, 11) is 0. The number of anilines is 1. The van der Waals surface area contributed by atoms with Crippen molar-refractivity contribution < 1.29 is 0 Å². The van der Waals surface area contributed by atoms with E-state index in [1.165, 1.54) is 32.5 Å². The van der Waals surface area contributed by atoms with Crippen molar-refractivity contribution in [2.45, 2.75) is 26.8 Å². The van der Waals surface area contributed by atoms with Gasteiger partial charge in [-0.2, -0.15) is 0 Å². The van der Waals surface area contributed by atoms with Gasteiger partial charge in [-0.25, -0.2) is 0 Å². The number of fused-ring (bicyclic) bond motifs is 1. The highest BCUT2D eigenvalue weighted by Gasteiger charge is 2.09. The van der Waals surface area contributed by atoms with Gasteiger partial charge in [0, 0.05) is 16.4 Å². The van der Waals surface area contributed by atoms with Crippen molar-refractivity contribution in [1.82, 2.24) is 0 Å². The minimum absolute atomic E-state index is 0.311. The van der Waals surface area contributed by atoms with Crippen LogP contribution in [-0.4, -0.2) is 0 Å². The predicted molar refractivity (Wildman–Crippen MR) is 89.8 cm³/mol. The molecular weight excluding hydrogens is 262 g/mol. The number of rotatable bonds is 3. The Morgan fingerprint density at radius 2 is 1.85 bits per heavy atom. The van der Waals surface area contributed by atoms with Crippen LogP contribution in [0.4, 0.5) is 5.69 Å². The van der Waals surface area contributed by atoms with Gasteiger partial charge in [0.2, 0.25) is 0 Å². The van der Waals surface area contributed by atoms with E-state index in [1.807, 2.05) is 0 Å². The molecule has 0 aliphatic heterocycles. The topological polar surface area (TPSA) is 12.0 Å². The standard InChI is InChI=1S/C18H19NS/c1-12-4-5-13(2)17(10-12)14(3)19-16-6-7-18-15(11-16)8-9-20-18/h4-11,14,19H,1-3H3. The van der Waals surface area contributed by atoms with Crippen LogP contribution in [-0.2, 0) is 0 Å². The largest absolute Gasteiger partial charge is 0.378 e. The average molecular weight is 281 g/mol. The summed E-state index contributed by atoms with van der Waals surface area (Å²) in [6.45, 7) is 6.54. The summed E-state index contributed by atoms with van der Waals surface area (Å²) in [6.07, 6.45) is 0. The molecule has 0 saturated carbocycles. The predicted octanol–water partition coefficient (Wildman–Crippen LogP) is 5.69. The van der Waals surface area contributed by atoms with Crippen molar-refractivity contribution in [2.75, 3.05) is 5.32 Å². The van der Waals surface area contributed by atoms with Crippen LogP contribution in [0.2, 0.25) is 0 Å². The molecule has 0 bridgehead atoms. The zero-order chi connectivity index (χ0) is 14.1. The van der Waals surface area contributed by atoms with E-state index < -0.39 is 0 Å². The summed E-state index contributed by atoms with van der Waals surface area (Å²) in [5.74, 6) is 0. The number of hydrogen-bond acceptors (Lipinski definition) is 2. The van der Waals surface area contributed by atoms with Gasteiger partial charge in [0.25, 0.3) is 0 Å². The van der Waals surface area contributed by atoms with Crippen molar-refractivity contribution in [3.63, 3.8) is 0 Å². The van der Waals surface area contributed by atoms with E-state index in [1.54, 1.807) is 11.3 Å². The van der Waals surface area contributed by atoms with Crippen molar-refractivity contribution in [3.8, 4) is 0 Å². The highest BCUT2D eigenvalue weighted by atomic mass is 32.1. The maximum absolute atomic E-state index is 3.61. The normalized spacial score (nSPS) is 12.6. The zero-order valence-corrected chi connectivity index (χ0v) is 12.9. The maximum atomic E-state index is 3.61. The van der Waals surface area contributed by atoms with Gasteiger partial charge in [-0.1, -0.05) is 23.8 Å². The molecule has 1 N–H and O–H groups in total. The van der Waals surface area contributed by atoms with Gasteiger partial charge >= 0.3 is 0 Å². The minimum Gasteiger partial charge on any atom is -0.378 e. The van der Waals surface area contributed by atoms with Crippen LogP contribution in [0.3, 0.4) is 0 Å². The Balaban J connectivity index is 1.87. The summed E-state index contributed by atoms with van der Waals surface area (Å²) in [4.78, 5) is 0. The fourth-order valence-corrected chi connectivity index (χ4v) is 3.38. The van der Waals surface area contributed by atoms with Gasteiger partial charge in [-0.05, 0) is 66.9 Å². The summed E-state index contributed by atoms with van der Waals surface area (Å²) in [5.41, 5.74) is 5.21. The average Bonchev–Trinajstić information content (AvgIpc) is 2.89. The van der Waals surface area contributed by atoms with Crippen LogP contribution in [0.25, 0.3) is 10.1 Å². The third-order valence-electron chi connectivity index (χ3n) is 3.74. The Morgan fingerprint density at radius 3 is 2.70 bits per heavy atom. The van der Waals surface area contributed by atoms with E-state index in [0.717, 1.165) is 0 Å². The van der Waals surface area contributed by atoms with Crippen LogP contribution in [0.5, 0.6) is 0 Å². The third kappa shape index (κ3) is 2.56. The first-order valence-corrected chi connectivity index (χ1v) is 7.82. The molecule has 2 heteroatoms. The smallest absolute Gasteiger partial charge is 0.0488 e. The molecule has 0 saturated heterocycles. The molecule has 0 fully saturated rings. The lowest BCUT2D eigenvalue weighted by atomic mass is 10.00. The first-order chi connectivity index (χ1) is 9.63. The molecule has 1 unspecified atom stereocenters. The van der Waals surface area contributed by atoms with E-state index in [9.17, 15) is 0 Å². The fourth-order valence-electron chi connectivity index (χ4n) is 2.61. The lowest BCUT2D eigenvalue weighted by Gasteiger charge is -2.18. The van der Waals surface area contributed by atoms with Crippen LogP contribution >= 0.6 is 11.3 Å². The highest BCUT2D eigenvalue weighted by molar-refractivity contribution is 7.17. The second-order valence-corrected chi connectivity index (χ2v) is 6.35. The molecule has 0 radical (unpaired) electrons. The molecule has 0 aliphatic rings. The SMILES string of the molecule is Cc1ccc(C)c(C(C)Nc2ccc3sccc3c2)c1. The molecule has 20 heavy (non-hydrogen) atoms. The van der Waals surface area contributed by atoms with E-state index in [0.29, 0.717) is 6.04 Å². The molecule has 3 rings (SSSR count). The quantitative estimate of drug-likeness (QED) is 0.650. The Bertz CT molecular complexity index is 742. The van der Waals surface area contributed by atoms with Crippen molar-refractivity contribution in [1.29, 1.82) is 0 Å². The molecular formula is C18H19NS. The Hall–Kier alpha value is -1.80. The highest BCUT2D eigenvalue weighted by Crippen LogP contribution is 2.27. The maximum Gasteiger partial charge on any atom is 0.0488 e. The second-order valence-electron chi connectivity index (χ2n) is 5.40. The zero-order valence-electron chi connectivity index (χ0n) is 12.1. The Kier molecular flexibility index (Phi) is 3.49. The number of benzene rings is 2. The summed E-state index contributed by atoms with van der Waals surface area (Å²) in [5, 5.41) is 7.07. The van der Waals surface area contributed by atoms with Crippen molar-refractivity contribution in [3.05, 3.63) is 64.5 Å². The van der Waals surface area contributed by atoms with Gasteiger partial charge in [0.1, 0.15) is 0 Å². The molecule has 1 nitrogen and oxygen atoms in total. The molecule has 0 spiro atoms. The summed E-state index contributed by atoms with van der Waals surface area (Å²) >= 11 is 1.79. The molecule has 0 aliphatic carbocycles. The first-order valence-electron chi connectivity index (χ1n) is 6.94. The molecule has 0 amide bonds. The minimum atomic E-state index is 0.311. The number of nitrogens with one attached hydrogen (secondary N) is 1. The van der Waals surface area contributed by atoms with Gasteiger partial charge < -0.3 is 5.32 Å². The molecule has 1 atom stereocenters. The monoisotopic (exact) mass is 281 g/mol. The molecule has 102 valence electrons. The molecule has 1 heterocycles. The van der Waals surface area contributed by atoms with Crippen LogP contribution < -0.4 is 5.32 Å². The third-order valence-corrected chi connectivity index (χ3v) is 4.63. The van der Waals surface area contributed by atoms with E-state index in [2.05, 4.69) is 73.9 Å². The first kappa shape index (κ1) is 13.2. The molecule has 1 aromatic heterocycles. The van der Waals surface area contributed by atoms with Crippen molar-refractivity contribution >= 4 is 27.1 Å². The number of aryl methyl sites for hydroxylation is 2. The fraction of sp³-hybridized carbons (Fsp3) is 0.222. The van der Waals surface area contributed by atoms with Gasteiger partial charge in [0.05, 0.1) is 0 Å². The van der Waals surface area contributed by atoms with Gasteiger partial charge in [0.15, 0.2) is 0 Å². The van der Waals surface area contributed by atoms with Crippen LogP contribution in [0.1, 0.15) is 29.7 Å². The summed E-state index contributed by atoms with van der Waals surface area (Å²) in [6, 6.07) is 15.7. The Morgan fingerprint density at radius 1 is 1.00 bits per heavy atom. The van der Waals surface area contributed by atoms with Gasteiger partial charge in [-0.15, -0.1) is 11.3 Å². The van der Waals surface area contributed by atoms with E-state index in [-0.39, 0.29) is 0 Å². The molecule has 2 aromatic carbocycles. The van der Waals surface area contributed by atoms with Crippen LogP contribution in [0.15, 0.2) is 47.8 Å².